The van der Waals surface area contributed by atoms with Crippen LogP contribution in [-0.2, 0) is 9.59 Å². The van der Waals surface area contributed by atoms with Crippen molar-refractivity contribution in [2.24, 2.45) is 0 Å². The molecule has 0 aliphatic heterocycles. The fraction of sp³-hybridized carbons (Fsp3) is 0.357. The van der Waals surface area contributed by atoms with Gasteiger partial charge in [-0.3, -0.25) is 9.59 Å². The molecular weight excluding hydrogens is 242 g/mol. The number of aryl methyl sites for hydroxylation is 1. The second kappa shape index (κ2) is 6.55. The molecule has 0 fully saturated rings. The van der Waals surface area contributed by atoms with Crippen LogP contribution in [-0.4, -0.2) is 18.4 Å². The molecule has 0 saturated carbocycles. The third-order valence-electron chi connectivity index (χ3n) is 2.70. The Labute approximate surface area is 112 Å². The Morgan fingerprint density at radius 2 is 2.00 bits per heavy atom. The molecule has 1 aromatic rings. The summed E-state index contributed by atoms with van der Waals surface area (Å²) < 4.78 is 0. The standard InChI is InChI=1S/C14H17N3O2/c1-9(2)11-6-4-5-10(3)12(11)17-14(19)13(18)16-8-7-15/h4-6,9H,8H2,1-3H3,(H,16,18)(H,17,19). The topological polar surface area (TPSA) is 82.0 Å². The molecule has 0 heterocycles. The first-order chi connectivity index (χ1) is 8.97. The molecule has 0 saturated heterocycles. The predicted octanol–water partition coefficient (Wildman–Crippen LogP) is 1.70. The zero-order valence-electron chi connectivity index (χ0n) is 11.3. The van der Waals surface area contributed by atoms with E-state index < -0.39 is 11.8 Å². The van der Waals surface area contributed by atoms with E-state index in [1.54, 1.807) is 6.07 Å². The number of benzene rings is 1. The molecule has 2 N–H and O–H groups in total. The molecular formula is C14H17N3O2. The molecule has 19 heavy (non-hydrogen) atoms. The third-order valence-corrected chi connectivity index (χ3v) is 2.70. The summed E-state index contributed by atoms with van der Waals surface area (Å²) in [4.78, 5) is 23.1. The van der Waals surface area contributed by atoms with Gasteiger partial charge in [0.05, 0.1) is 6.07 Å². The van der Waals surface area contributed by atoms with Crippen molar-refractivity contribution in [3.8, 4) is 6.07 Å². The van der Waals surface area contributed by atoms with Gasteiger partial charge in [0, 0.05) is 5.69 Å². The average Bonchev–Trinajstić information content (AvgIpc) is 2.37. The van der Waals surface area contributed by atoms with Crippen LogP contribution in [0.2, 0.25) is 0 Å². The monoisotopic (exact) mass is 259 g/mol. The SMILES string of the molecule is Cc1cccc(C(C)C)c1NC(=O)C(=O)NCC#N. The highest BCUT2D eigenvalue weighted by molar-refractivity contribution is 6.39. The van der Waals surface area contributed by atoms with E-state index in [4.69, 9.17) is 5.26 Å². The molecule has 0 aliphatic rings. The first kappa shape index (κ1) is 14.7. The van der Waals surface area contributed by atoms with Crippen LogP contribution < -0.4 is 10.6 Å². The molecule has 0 aliphatic carbocycles. The first-order valence-electron chi connectivity index (χ1n) is 6.03. The van der Waals surface area contributed by atoms with Gasteiger partial charge in [-0.1, -0.05) is 32.0 Å². The lowest BCUT2D eigenvalue weighted by molar-refractivity contribution is -0.136. The second-order valence-corrected chi connectivity index (χ2v) is 4.49. The molecule has 0 radical (unpaired) electrons. The number of nitriles is 1. The van der Waals surface area contributed by atoms with Crippen LogP contribution >= 0.6 is 0 Å². The van der Waals surface area contributed by atoms with Crippen molar-refractivity contribution in [3.05, 3.63) is 29.3 Å². The van der Waals surface area contributed by atoms with Gasteiger partial charge in [-0.25, -0.2) is 0 Å². The molecule has 0 aromatic heterocycles. The maximum absolute atomic E-state index is 11.7. The molecule has 0 unspecified atom stereocenters. The highest BCUT2D eigenvalue weighted by atomic mass is 16.2. The number of para-hydroxylation sites is 1. The van der Waals surface area contributed by atoms with Gasteiger partial charge in [-0.2, -0.15) is 5.26 Å². The summed E-state index contributed by atoms with van der Waals surface area (Å²) in [6.45, 7) is 5.71. The fourth-order valence-corrected chi connectivity index (χ4v) is 1.71. The van der Waals surface area contributed by atoms with Crippen molar-refractivity contribution in [1.29, 1.82) is 5.26 Å². The summed E-state index contributed by atoms with van der Waals surface area (Å²) in [6.07, 6.45) is 0. The maximum atomic E-state index is 11.7. The Hall–Kier alpha value is -2.35. The van der Waals surface area contributed by atoms with E-state index >= 15 is 0 Å². The van der Waals surface area contributed by atoms with Crippen molar-refractivity contribution in [2.45, 2.75) is 26.7 Å². The van der Waals surface area contributed by atoms with Crippen molar-refractivity contribution in [2.75, 3.05) is 11.9 Å². The minimum atomic E-state index is -0.806. The smallest absolute Gasteiger partial charge is 0.313 e. The average molecular weight is 259 g/mol. The van der Waals surface area contributed by atoms with Crippen LogP contribution in [0, 0.1) is 18.3 Å². The van der Waals surface area contributed by atoms with E-state index in [2.05, 4.69) is 10.6 Å². The molecule has 1 rings (SSSR count). The number of amides is 2. The highest BCUT2D eigenvalue weighted by Crippen LogP contribution is 2.27. The van der Waals surface area contributed by atoms with Crippen LogP contribution in [0.15, 0.2) is 18.2 Å². The van der Waals surface area contributed by atoms with Crippen LogP contribution in [0.5, 0.6) is 0 Å². The van der Waals surface area contributed by atoms with Crippen LogP contribution in [0.1, 0.15) is 30.9 Å². The zero-order valence-corrected chi connectivity index (χ0v) is 11.3. The quantitative estimate of drug-likeness (QED) is 0.640. The lowest BCUT2D eigenvalue weighted by atomic mass is 9.98. The first-order valence-corrected chi connectivity index (χ1v) is 6.03. The number of carbonyl (C=O) groups is 2. The number of hydrogen-bond donors (Lipinski definition) is 2. The van der Waals surface area contributed by atoms with E-state index in [-0.39, 0.29) is 12.5 Å². The molecule has 5 heteroatoms. The van der Waals surface area contributed by atoms with Gasteiger partial charge in [0.2, 0.25) is 0 Å². The molecule has 0 atom stereocenters. The van der Waals surface area contributed by atoms with Gasteiger partial charge >= 0.3 is 11.8 Å². The highest BCUT2D eigenvalue weighted by Gasteiger charge is 2.17. The molecule has 0 spiro atoms. The Morgan fingerprint density at radius 1 is 1.32 bits per heavy atom. The van der Waals surface area contributed by atoms with E-state index in [1.807, 2.05) is 39.0 Å². The third kappa shape index (κ3) is 3.81. The van der Waals surface area contributed by atoms with Crippen molar-refractivity contribution < 1.29 is 9.59 Å². The van der Waals surface area contributed by atoms with Crippen molar-refractivity contribution in [1.82, 2.24) is 5.32 Å². The Balaban J connectivity index is 2.91. The zero-order chi connectivity index (χ0) is 14.4. The number of nitrogens with one attached hydrogen (secondary N) is 2. The van der Waals surface area contributed by atoms with Gasteiger partial charge in [-0.15, -0.1) is 0 Å². The largest absolute Gasteiger partial charge is 0.335 e. The van der Waals surface area contributed by atoms with Gasteiger partial charge in [0.1, 0.15) is 6.54 Å². The Bertz CT molecular complexity index is 530. The predicted molar refractivity (Wildman–Crippen MR) is 72.5 cm³/mol. The Morgan fingerprint density at radius 3 is 2.58 bits per heavy atom. The van der Waals surface area contributed by atoms with Crippen LogP contribution in [0.4, 0.5) is 5.69 Å². The molecule has 1 aromatic carbocycles. The van der Waals surface area contributed by atoms with Gasteiger partial charge < -0.3 is 10.6 Å². The van der Waals surface area contributed by atoms with Crippen LogP contribution in [0.3, 0.4) is 0 Å². The summed E-state index contributed by atoms with van der Waals surface area (Å²) >= 11 is 0. The lowest BCUT2D eigenvalue weighted by Gasteiger charge is -2.15. The minimum absolute atomic E-state index is 0.183. The second-order valence-electron chi connectivity index (χ2n) is 4.49. The Kier molecular flexibility index (Phi) is 5.07. The van der Waals surface area contributed by atoms with E-state index in [0.29, 0.717) is 5.69 Å². The van der Waals surface area contributed by atoms with E-state index in [0.717, 1.165) is 11.1 Å². The molecule has 5 nitrogen and oxygen atoms in total. The summed E-state index contributed by atoms with van der Waals surface area (Å²) in [5, 5.41) is 13.2. The number of hydrogen-bond acceptors (Lipinski definition) is 3. The van der Waals surface area contributed by atoms with Crippen molar-refractivity contribution in [3.63, 3.8) is 0 Å². The summed E-state index contributed by atoms with van der Waals surface area (Å²) in [5.41, 5.74) is 2.53. The lowest BCUT2D eigenvalue weighted by Crippen LogP contribution is -2.35. The molecule has 100 valence electrons. The fourth-order valence-electron chi connectivity index (χ4n) is 1.71. The minimum Gasteiger partial charge on any atom is -0.335 e. The number of nitrogens with zero attached hydrogens (tertiary/aromatic N) is 1. The maximum Gasteiger partial charge on any atom is 0.313 e. The summed E-state index contributed by atoms with van der Waals surface area (Å²) in [5.74, 6) is -1.33. The van der Waals surface area contributed by atoms with Gasteiger partial charge in [0.15, 0.2) is 0 Å². The van der Waals surface area contributed by atoms with E-state index in [9.17, 15) is 9.59 Å². The number of carbonyl (C=O) groups excluding carboxylic acids is 2. The number of rotatable bonds is 3. The van der Waals surface area contributed by atoms with Gasteiger partial charge in [0.25, 0.3) is 0 Å². The number of anilines is 1. The normalized spacial score (nSPS) is 9.84. The van der Waals surface area contributed by atoms with Gasteiger partial charge in [-0.05, 0) is 24.0 Å². The summed E-state index contributed by atoms with van der Waals surface area (Å²) in [7, 11) is 0. The van der Waals surface area contributed by atoms with Crippen molar-refractivity contribution >= 4 is 17.5 Å². The summed E-state index contributed by atoms with van der Waals surface area (Å²) in [6, 6.07) is 7.45. The van der Waals surface area contributed by atoms with Crippen LogP contribution in [0.25, 0.3) is 0 Å². The molecule has 0 bridgehead atoms. The molecule has 2 amide bonds. The van der Waals surface area contributed by atoms with E-state index in [1.165, 1.54) is 0 Å².